The standard InChI is InChI=1S/C23H23N3O3S/c1-30-19-9-7-17(8-10-19)20-11-12-22(27)26(24-20)16-23(28)25-13-14-29-21(15-25)18-5-3-2-4-6-18/h2-12,21H,13-16H2,1H3/t21-/m0/s1. The van der Waals surface area contributed by atoms with Gasteiger partial charge in [0, 0.05) is 23.1 Å². The molecule has 0 bridgehead atoms. The minimum absolute atomic E-state index is 0.0862. The fraction of sp³-hybridized carbons (Fsp3) is 0.261. The predicted octanol–water partition coefficient (Wildman–Crippen LogP) is 3.23. The molecule has 2 aromatic carbocycles. The zero-order valence-electron chi connectivity index (χ0n) is 16.7. The molecule has 6 nitrogen and oxygen atoms in total. The van der Waals surface area contributed by atoms with Crippen molar-refractivity contribution in [1.82, 2.24) is 14.7 Å². The van der Waals surface area contributed by atoms with Crippen molar-refractivity contribution in [2.75, 3.05) is 26.0 Å². The molecule has 1 atom stereocenters. The summed E-state index contributed by atoms with van der Waals surface area (Å²) in [5.41, 5.74) is 2.32. The zero-order chi connectivity index (χ0) is 20.9. The van der Waals surface area contributed by atoms with Gasteiger partial charge in [0.1, 0.15) is 12.6 Å². The number of amides is 1. The third kappa shape index (κ3) is 4.63. The average molecular weight is 422 g/mol. The highest BCUT2D eigenvalue weighted by atomic mass is 32.2. The summed E-state index contributed by atoms with van der Waals surface area (Å²) in [5, 5.41) is 4.43. The summed E-state index contributed by atoms with van der Waals surface area (Å²) in [6.07, 6.45) is 1.86. The molecular weight excluding hydrogens is 398 g/mol. The van der Waals surface area contributed by atoms with Crippen molar-refractivity contribution in [1.29, 1.82) is 0 Å². The van der Waals surface area contributed by atoms with Gasteiger partial charge in [-0.15, -0.1) is 11.8 Å². The first-order valence-electron chi connectivity index (χ1n) is 9.81. The van der Waals surface area contributed by atoms with E-state index in [0.29, 0.717) is 25.4 Å². The van der Waals surface area contributed by atoms with Crippen molar-refractivity contribution in [3.05, 3.63) is 82.6 Å². The van der Waals surface area contributed by atoms with E-state index in [2.05, 4.69) is 5.10 Å². The maximum absolute atomic E-state index is 12.9. The van der Waals surface area contributed by atoms with E-state index in [-0.39, 0.29) is 24.1 Å². The van der Waals surface area contributed by atoms with Crippen LogP contribution in [0.4, 0.5) is 0 Å². The van der Waals surface area contributed by atoms with Gasteiger partial charge in [-0.2, -0.15) is 5.10 Å². The number of nitrogens with zero attached hydrogens (tertiary/aromatic N) is 3. The number of benzene rings is 2. The average Bonchev–Trinajstić information content (AvgIpc) is 2.81. The van der Waals surface area contributed by atoms with Crippen LogP contribution in [-0.2, 0) is 16.1 Å². The minimum atomic E-state index is -0.291. The SMILES string of the molecule is CSc1ccc(-c2ccc(=O)n(CC(=O)N3CCO[C@H](c4ccccc4)C3)n2)cc1. The molecule has 30 heavy (non-hydrogen) atoms. The van der Waals surface area contributed by atoms with Crippen LogP contribution in [0.15, 0.2) is 76.4 Å². The predicted molar refractivity (Wildman–Crippen MR) is 117 cm³/mol. The Labute approximate surface area is 179 Å². The summed E-state index contributed by atoms with van der Waals surface area (Å²) in [6, 6.07) is 21.0. The molecule has 7 heteroatoms. The second-order valence-corrected chi connectivity index (χ2v) is 7.93. The van der Waals surface area contributed by atoms with Gasteiger partial charge in [-0.3, -0.25) is 9.59 Å². The Balaban J connectivity index is 1.49. The maximum Gasteiger partial charge on any atom is 0.267 e. The molecule has 3 aromatic rings. The van der Waals surface area contributed by atoms with Crippen LogP contribution in [0.3, 0.4) is 0 Å². The number of ether oxygens (including phenoxy) is 1. The summed E-state index contributed by atoms with van der Waals surface area (Å²) in [7, 11) is 0. The van der Waals surface area contributed by atoms with Gasteiger partial charge in [0.25, 0.3) is 5.56 Å². The van der Waals surface area contributed by atoms with E-state index in [4.69, 9.17) is 4.74 Å². The van der Waals surface area contributed by atoms with Crippen LogP contribution >= 0.6 is 11.8 Å². The van der Waals surface area contributed by atoms with Crippen LogP contribution in [-0.4, -0.2) is 46.5 Å². The van der Waals surface area contributed by atoms with Crippen molar-refractivity contribution in [2.24, 2.45) is 0 Å². The Morgan fingerprint density at radius 3 is 2.60 bits per heavy atom. The molecule has 1 aliphatic heterocycles. The monoisotopic (exact) mass is 421 g/mol. The lowest BCUT2D eigenvalue weighted by molar-refractivity contribution is -0.139. The molecule has 0 aliphatic carbocycles. The van der Waals surface area contributed by atoms with Gasteiger partial charge in [0.15, 0.2) is 0 Å². The van der Waals surface area contributed by atoms with E-state index >= 15 is 0 Å². The highest BCUT2D eigenvalue weighted by Gasteiger charge is 2.25. The quantitative estimate of drug-likeness (QED) is 0.592. The van der Waals surface area contributed by atoms with E-state index in [1.807, 2.05) is 60.9 Å². The molecule has 1 fully saturated rings. The highest BCUT2D eigenvalue weighted by Crippen LogP contribution is 2.23. The maximum atomic E-state index is 12.9. The molecule has 1 amide bonds. The number of morpholine rings is 1. The molecule has 0 unspecified atom stereocenters. The first-order chi connectivity index (χ1) is 14.6. The van der Waals surface area contributed by atoms with Crippen LogP contribution in [0, 0.1) is 0 Å². The van der Waals surface area contributed by atoms with Gasteiger partial charge in [0.2, 0.25) is 5.91 Å². The number of thioether (sulfide) groups is 1. The number of aromatic nitrogens is 2. The molecule has 154 valence electrons. The van der Waals surface area contributed by atoms with Gasteiger partial charge in [-0.05, 0) is 30.0 Å². The van der Waals surface area contributed by atoms with Crippen LogP contribution in [0.2, 0.25) is 0 Å². The van der Waals surface area contributed by atoms with Gasteiger partial charge < -0.3 is 9.64 Å². The lowest BCUT2D eigenvalue weighted by Gasteiger charge is -2.33. The third-order valence-electron chi connectivity index (χ3n) is 5.13. The molecule has 4 rings (SSSR count). The van der Waals surface area contributed by atoms with Crippen molar-refractivity contribution in [3.63, 3.8) is 0 Å². The largest absolute Gasteiger partial charge is 0.370 e. The summed E-state index contributed by atoms with van der Waals surface area (Å²) in [4.78, 5) is 28.1. The van der Waals surface area contributed by atoms with Crippen molar-refractivity contribution >= 4 is 17.7 Å². The molecular formula is C23H23N3O3S. The van der Waals surface area contributed by atoms with Crippen LogP contribution < -0.4 is 5.56 Å². The Hall–Kier alpha value is -2.90. The molecule has 0 radical (unpaired) electrons. The molecule has 0 N–H and O–H groups in total. The molecule has 0 spiro atoms. The number of rotatable bonds is 5. The van der Waals surface area contributed by atoms with Gasteiger partial charge in [-0.1, -0.05) is 42.5 Å². The van der Waals surface area contributed by atoms with Gasteiger partial charge in [-0.25, -0.2) is 4.68 Å². The molecule has 0 saturated carbocycles. The fourth-order valence-corrected chi connectivity index (χ4v) is 3.86. The smallest absolute Gasteiger partial charge is 0.267 e. The topological polar surface area (TPSA) is 64.4 Å². The van der Waals surface area contributed by atoms with E-state index in [9.17, 15) is 9.59 Å². The summed E-state index contributed by atoms with van der Waals surface area (Å²) in [6.45, 7) is 1.35. The lowest BCUT2D eigenvalue weighted by atomic mass is 10.1. The van der Waals surface area contributed by atoms with Gasteiger partial charge in [0.05, 0.1) is 18.8 Å². The van der Waals surface area contributed by atoms with Crippen LogP contribution in [0.25, 0.3) is 11.3 Å². The fourth-order valence-electron chi connectivity index (χ4n) is 3.45. The zero-order valence-corrected chi connectivity index (χ0v) is 17.5. The number of carbonyl (C=O) groups excluding carboxylic acids is 1. The summed E-state index contributed by atoms with van der Waals surface area (Å²) < 4.78 is 7.08. The van der Waals surface area contributed by atoms with Crippen molar-refractivity contribution in [3.8, 4) is 11.3 Å². The summed E-state index contributed by atoms with van der Waals surface area (Å²) in [5.74, 6) is -0.135. The Bertz CT molecular complexity index is 1070. The van der Waals surface area contributed by atoms with E-state index in [1.54, 1.807) is 22.7 Å². The second-order valence-electron chi connectivity index (χ2n) is 7.05. The van der Waals surface area contributed by atoms with Crippen molar-refractivity contribution in [2.45, 2.75) is 17.5 Å². The van der Waals surface area contributed by atoms with E-state index in [1.165, 1.54) is 10.7 Å². The summed E-state index contributed by atoms with van der Waals surface area (Å²) >= 11 is 1.66. The lowest BCUT2D eigenvalue weighted by Crippen LogP contribution is -2.44. The van der Waals surface area contributed by atoms with Crippen LogP contribution in [0.1, 0.15) is 11.7 Å². The first-order valence-corrected chi connectivity index (χ1v) is 11.0. The third-order valence-corrected chi connectivity index (χ3v) is 5.87. The molecule has 2 heterocycles. The number of hydrogen-bond acceptors (Lipinski definition) is 5. The molecule has 1 aliphatic rings. The van der Waals surface area contributed by atoms with Gasteiger partial charge >= 0.3 is 0 Å². The molecule has 1 aromatic heterocycles. The minimum Gasteiger partial charge on any atom is -0.370 e. The normalized spacial score (nSPS) is 16.4. The van der Waals surface area contributed by atoms with E-state index < -0.39 is 0 Å². The Kier molecular flexibility index (Phi) is 6.30. The highest BCUT2D eigenvalue weighted by molar-refractivity contribution is 7.98. The molecule has 1 saturated heterocycles. The van der Waals surface area contributed by atoms with E-state index in [0.717, 1.165) is 16.0 Å². The first kappa shape index (κ1) is 20.4. The number of carbonyl (C=O) groups is 1. The van der Waals surface area contributed by atoms with Crippen LogP contribution in [0.5, 0.6) is 0 Å². The second kappa shape index (κ2) is 9.28. The van der Waals surface area contributed by atoms with Crippen molar-refractivity contribution < 1.29 is 9.53 Å². The Morgan fingerprint density at radius 1 is 1.10 bits per heavy atom. The Morgan fingerprint density at radius 2 is 1.87 bits per heavy atom. The number of hydrogen-bond donors (Lipinski definition) is 0.